The van der Waals surface area contributed by atoms with Crippen molar-refractivity contribution in [2.75, 3.05) is 12.8 Å². The molecule has 0 spiro atoms. The molecule has 3 aromatic rings. The lowest BCUT2D eigenvalue weighted by molar-refractivity contribution is 0.405. The van der Waals surface area contributed by atoms with Crippen LogP contribution in [0.5, 0.6) is 5.75 Å². The van der Waals surface area contributed by atoms with Crippen molar-refractivity contribution in [2.24, 2.45) is 0 Å². The fourth-order valence-corrected chi connectivity index (χ4v) is 2.43. The lowest BCUT2D eigenvalue weighted by Crippen LogP contribution is -2.03. The van der Waals surface area contributed by atoms with Crippen molar-refractivity contribution in [3.63, 3.8) is 0 Å². The van der Waals surface area contributed by atoms with Gasteiger partial charge >= 0.3 is 0 Å². The van der Waals surface area contributed by atoms with Gasteiger partial charge in [-0.15, -0.1) is 0 Å². The second-order valence-electron chi connectivity index (χ2n) is 4.97. The summed E-state index contributed by atoms with van der Waals surface area (Å²) in [7, 11) is 1.49. The molecule has 112 valence electrons. The van der Waals surface area contributed by atoms with E-state index in [9.17, 15) is 8.78 Å². The SMILES string of the molecule is COc1cccc(F)c1Cc1cc2ccc(F)cc2nc1N. The first-order valence-corrected chi connectivity index (χ1v) is 6.74. The summed E-state index contributed by atoms with van der Waals surface area (Å²) in [6.45, 7) is 0. The molecule has 3 nitrogen and oxygen atoms in total. The van der Waals surface area contributed by atoms with Gasteiger partial charge < -0.3 is 10.5 Å². The normalized spacial score (nSPS) is 10.9. The fourth-order valence-electron chi connectivity index (χ4n) is 2.43. The number of nitrogens with zero attached hydrogens (tertiary/aromatic N) is 1. The highest BCUT2D eigenvalue weighted by atomic mass is 19.1. The molecule has 0 aliphatic carbocycles. The van der Waals surface area contributed by atoms with Crippen molar-refractivity contribution >= 4 is 16.7 Å². The van der Waals surface area contributed by atoms with Crippen molar-refractivity contribution in [3.05, 3.63) is 65.2 Å². The summed E-state index contributed by atoms with van der Waals surface area (Å²) in [5, 5.41) is 0.751. The van der Waals surface area contributed by atoms with E-state index in [2.05, 4.69) is 4.98 Å². The highest BCUT2D eigenvalue weighted by molar-refractivity contribution is 5.81. The fraction of sp³-hybridized carbons (Fsp3) is 0.118. The summed E-state index contributed by atoms with van der Waals surface area (Å²) in [6, 6.07) is 10.7. The third-order valence-corrected chi connectivity index (χ3v) is 3.56. The van der Waals surface area contributed by atoms with E-state index < -0.39 is 0 Å². The molecule has 2 aromatic carbocycles. The van der Waals surface area contributed by atoms with Gasteiger partial charge in [0.25, 0.3) is 0 Å². The number of hydrogen-bond donors (Lipinski definition) is 1. The predicted octanol–water partition coefficient (Wildman–Crippen LogP) is 3.69. The van der Waals surface area contributed by atoms with E-state index in [-0.39, 0.29) is 23.9 Å². The Balaban J connectivity index is 2.08. The maximum atomic E-state index is 14.0. The number of anilines is 1. The molecule has 0 saturated carbocycles. The molecule has 2 N–H and O–H groups in total. The zero-order valence-electron chi connectivity index (χ0n) is 11.9. The summed E-state index contributed by atoms with van der Waals surface area (Å²) in [4.78, 5) is 4.19. The third-order valence-electron chi connectivity index (χ3n) is 3.56. The largest absolute Gasteiger partial charge is 0.496 e. The minimum absolute atomic E-state index is 0.252. The van der Waals surface area contributed by atoms with Crippen LogP contribution in [0.2, 0.25) is 0 Å². The molecule has 0 radical (unpaired) electrons. The van der Waals surface area contributed by atoms with Gasteiger partial charge in [-0.3, -0.25) is 0 Å². The van der Waals surface area contributed by atoms with Crippen molar-refractivity contribution in [1.29, 1.82) is 0 Å². The van der Waals surface area contributed by atoms with E-state index >= 15 is 0 Å². The van der Waals surface area contributed by atoms with Gasteiger partial charge in [0.05, 0.1) is 12.6 Å². The number of hydrogen-bond acceptors (Lipinski definition) is 3. The molecule has 0 bridgehead atoms. The molecule has 0 aliphatic rings. The maximum absolute atomic E-state index is 14.0. The molecule has 1 heterocycles. The van der Waals surface area contributed by atoms with E-state index in [1.165, 1.54) is 25.3 Å². The molecular formula is C17H14F2N2O. The number of methoxy groups -OCH3 is 1. The molecule has 22 heavy (non-hydrogen) atoms. The number of fused-ring (bicyclic) bond motifs is 1. The Hall–Kier alpha value is -2.69. The number of benzene rings is 2. The molecule has 0 aliphatic heterocycles. The first kappa shape index (κ1) is 14.3. The van der Waals surface area contributed by atoms with E-state index in [4.69, 9.17) is 10.5 Å². The molecule has 0 fully saturated rings. The van der Waals surface area contributed by atoms with Crippen molar-refractivity contribution in [3.8, 4) is 5.75 Å². The van der Waals surface area contributed by atoms with Gasteiger partial charge in [0.2, 0.25) is 0 Å². The molecule has 1 aromatic heterocycles. The van der Waals surface area contributed by atoms with Gasteiger partial charge in [-0.2, -0.15) is 0 Å². The number of ether oxygens (including phenoxy) is 1. The summed E-state index contributed by atoms with van der Waals surface area (Å²) in [6.07, 6.45) is 0.252. The molecule has 0 atom stereocenters. The van der Waals surface area contributed by atoms with E-state index in [0.717, 1.165) is 5.39 Å². The van der Waals surface area contributed by atoms with Crippen LogP contribution in [0.25, 0.3) is 10.9 Å². The quantitative estimate of drug-likeness (QED) is 0.802. The molecule has 5 heteroatoms. The first-order chi connectivity index (χ1) is 10.6. The standard InChI is InChI=1S/C17H14F2N2O/c1-22-16-4-2-3-14(19)13(16)8-11-7-10-5-6-12(18)9-15(10)21-17(11)20/h2-7,9H,8H2,1H3,(H2,20,21). The highest BCUT2D eigenvalue weighted by Crippen LogP contribution is 2.27. The minimum atomic E-state index is -0.372. The number of pyridine rings is 1. The topological polar surface area (TPSA) is 48.1 Å². The van der Waals surface area contributed by atoms with Crippen LogP contribution in [0, 0.1) is 11.6 Å². The second-order valence-corrected chi connectivity index (χ2v) is 4.97. The van der Waals surface area contributed by atoms with Gasteiger partial charge in [0.1, 0.15) is 23.2 Å². The zero-order chi connectivity index (χ0) is 15.7. The smallest absolute Gasteiger partial charge is 0.130 e. The number of rotatable bonds is 3. The van der Waals surface area contributed by atoms with E-state index in [0.29, 0.717) is 22.4 Å². The molecule has 0 amide bonds. The average Bonchev–Trinajstić information content (AvgIpc) is 2.50. The maximum Gasteiger partial charge on any atom is 0.130 e. The van der Waals surface area contributed by atoms with Crippen molar-refractivity contribution in [2.45, 2.75) is 6.42 Å². The van der Waals surface area contributed by atoms with Gasteiger partial charge in [0.15, 0.2) is 0 Å². The van der Waals surface area contributed by atoms with Crippen LogP contribution in [-0.2, 0) is 6.42 Å². The molecular weight excluding hydrogens is 286 g/mol. The van der Waals surface area contributed by atoms with Crippen LogP contribution in [0.1, 0.15) is 11.1 Å². The second kappa shape index (κ2) is 5.60. The Kier molecular flexibility index (Phi) is 3.63. The molecule has 0 saturated heterocycles. The lowest BCUT2D eigenvalue weighted by atomic mass is 10.0. The van der Waals surface area contributed by atoms with E-state index in [1.807, 2.05) is 0 Å². The van der Waals surface area contributed by atoms with Gasteiger partial charge in [-0.05, 0) is 35.9 Å². The van der Waals surface area contributed by atoms with Gasteiger partial charge in [-0.1, -0.05) is 6.07 Å². The number of aromatic nitrogens is 1. The number of halogens is 2. The Labute approximate surface area is 126 Å². The van der Waals surface area contributed by atoms with Gasteiger partial charge in [0, 0.05) is 23.4 Å². The van der Waals surface area contributed by atoms with Crippen LogP contribution < -0.4 is 10.5 Å². The number of nitrogen functional groups attached to an aromatic ring is 1. The van der Waals surface area contributed by atoms with Crippen LogP contribution >= 0.6 is 0 Å². The van der Waals surface area contributed by atoms with Crippen molar-refractivity contribution in [1.82, 2.24) is 4.98 Å². The first-order valence-electron chi connectivity index (χ1n) is 6.74. The Morgan fingerprint density at radius 3 is 2.73 bits per heavy atom. The highest BCUT2D eigenvalue weighted by Gasteiger charge is 2.13. The minimum Gasteiger partial charge on any atom is -0.496 e. The number of nitrogens with two attached hydrogens (primary N) is 1. The van der Waals surface area contributed by atoms with E-state index in [1.54, 1.807) is 24.3 Å². The lowest BCUT2D eigenvalue weighted by Gasteiger charge is -2.11. The molecule has 0 unspecified atom stereocenters. The Bertz CT molecular complexity index is 849. The summed E-state index contributed by atoms with van der Waals surface area (Å²) >= 11 is 0. The third kappa shape index (κ3) is 2.57. The van der Waals surface area contributed by atoms with Crippen LogP contribution in [0.3, 0.4) is 0 Å². The predicted molar refractivity (Wildman–Crippen MR) is 81.9 cm³/mol. The summed E-state index contributed by atoms with van der Waals surface area (Å²) in [5.74, 6) is -0.0251. The van der Waals surface area contributed by atoms with Crippen LogP contribution in [0.15, 0.2) is 42.5 Å². The van der Waals surface area contributed by atoms with Gasteiger partial charge in [-0.25, -0.2) is 13.8 Å². The Morgan fingerprint density at radius 2 is 1.95 bits per heavy atom. The Morgan fingerprint density at radius 1 is 1.14 bits per heavy atom. The summed E-state index contributed by atoms with van der Waals surface area (Å²) < 4.78 is 32.4. The monoisotopic (exact) mass is 300 g/mol. The van der Waals surface area contributed by atoms with Crippen molar-refractivity contribution < 1.29 is 13.5 Å². The van der Waals surface area contributed by atoms with Crippen LogP contribution in [0.4, 0.5) is 14.6 Å². The molecule has 3 rings (SSSR count). The zero-order valence-corrected chi connectivity index (χ0v) is 11.9. The summed E-state index contributed by atoms with van der Waals surface area (Å²) in [5.41, 5.74) is 7.49. The van der Waals surface area contributed by atoms with Crippen LogP contribution in [-0.4, -0.2) is 12.1 Å². The average molecular weight is 300 g/mol.